The summed E-state index contributed by atoms with van der Waals surface area (Å²) < 4.78 is 16.6. The number of ether oxygens (including phenoxy) is 2. The monoisotopic (exact) mass is 432 g/mol. The fourth-order valence-corrected chi connectivity index (χ4v) is 3.38. The molecule has 1 aliphatic heterocycles. The number of hydrogen-bond acceptors (Lipinski definition) is 10. The summed E-state index contributed by atoms with van der Waals surface area (Å²) in [5, 5.41) is 58.8. The summed E-state index contributed by atoms with van der Waals surface area (Å²) in [6.07, 6.45) is -7.60. The average molecular weight is 432 g/mol. The molecular weight excluding hydrogens is 412 g/mol. The van der Waals surface area contributed by atoms with E-state index >= 15 is 0 Å². The lowest BCUT2D eigenvalue weighted by Crippen LogP contribution is -2.60. The molecule has 0 saturated carbocycles. The molecule has 0 radical (unpaired) electrons. The maximum Gasteiger partial charge on any atom is 0.229 e. The third-order valence-corrected chi connectivity index (χ3v) is 5.06. The van der Waals surface area contributed by atoms with Gasteiger partial charge in [0.15, 0.2) is 16.8 Å². The van der Waals surface area contributed by atoms with Crippen LogP contribution < -0.4 is 10.2 Å². The number of aromatic hydroxyl groups is 2. The molecule has 4 rings (SSSR count). The fraction of sp³-hybridized carbons (Fsp3) is 0.286. The van der Waals surface area contributed by atoms with Crippen molar-refractivity contribution in [2.24, 2.45) is 0 Å². The van der Waals surface area contributed by atoms with E-state index in [1.54, 1.807) is 0 Å². The Bertz CT molecular complexity index is 1140. The highest BCUT2D eigenvalue weighted by Gasteiger charge is 2.45. The molecular formula is C21H20O10. The molecule has 10 heteroatoms. The summed E-state index contributed by atoms with van der Waals surface area (Å²) in [6, 6.07) is 9.54. The van der Waals surface area contributed by atoms with Gasteiger partial charge in [0.25, 0.3) is 0 Å². The van der Waals surface area contributed by atoms with Gasteiger partial charge in [-0.05, 0) is 36.4 Å². The lowest BCUT2D eigenvalue weighted by atomic mass is 9.99. The normalized spacial score (nSPS) is 26.1. The first-order valence-electron chi connectivity index (χ1n) is 9.36. The van der Waals surface area contributed by atoms with Crippen molar-refractivity contribution in [1.29, 1.82) is 0 Å². The van der Waals surface area contributed by atoms with E-state index in [2.05, 4.69) is 0 Å². The van der Waals surface area contributed by atoms with Gasteiger partial charge in [0.1, 0.15) is 47.1 Å². The molecule has 1 fully saturated rings. The lowest BCUT2D eigenvalue weighted by molar-refractivity contribution is -0.277. The van der Waals surface area contributed by atoms with Crippen molar-refractivity contribution in [3.63, 3.8) is 0 Å². The molecule has 0 spiro atoms. The van der Waals surface area contributed by atoms with Crippen molar-refractivity contribution in [1.82, 2.24) is 0 Å². The van der Waals surface area contributed by atoms with Crippen LogP contribution in [-0.4, -0.2) is 68.0 Å². The number of hydrogen-bond donors (Lipinski definition) is 6. The van der Waals surface area contributed by atoms with Crippen LogP contribution in [0.25, 0.3) is 22.3 Å². The molecule has 1 aliphatic rings. The number of benzene rings is 2. The average Bonchev–Trinajstić information content (AvgIpc) is 2.76. The molecule has 31 heavy (non-hydrogen) atoms. The second-order valence-corrected chi connectivity index (χ2v) is 7.12. The van der Waals surface area contributed by atoms with Crippen LogP contribution in [0.4, 0.5) is 0 Å². The van der Waals surface area contributed by atoms with Gasteiger partial charge < -0.3 is 44.5 Å². The van der Waals surface area contributed by atoms with Crippen LogP contribution in [0.15, 0.2) is 51.7 Å². The van der Waals surface area contributed by atoms with Crippen LogP contribution in [0, 0.1) is 0 Å². The molecule has 2 aromatic carbocycles. The maximum atomic E-state index is 12.8. The summed E-state index contributed by atoms with van der Waals surface area (Å²) in [6.45, 7) is -0.640. The molecule has 10 nitrogen and oxygen atoms in total. The van der Waals surface area contributed by atoms with Gasteiger partial charge in [-0.25, -0.2) is 0 Å². The van der Waals surface area contributed by atoms with Crippen LogP contribution in [0.5, 0.6) is 17.2 Å². The maximum absolute atomic E-state index is 12.8. The second kappa shape index (κ2) is 8.17. The number of fused-ring (bicyclic) bond motifs is 1. The van der Waals surface area contributed by atoms with Gasteiger partial charge in [-0.1, -0.05) is 0 Å². The summed E-state index contributed by atoms with van der Waals surface area (Å²) >= 11 is 0. The molecule has 0 amide bonds. The van der Waals surface area contributed by atoms with Gasteiger partial charge in [-0.3, -0.25) is 4.79 Å². The predicted molar refractivity (Wildman–Crippen MR) is 106 cm³/mol. The van der Waals surface area contributed by atoms with Crippen molar-refractivity contribution >= 4 is 11.0 Å². The lowest BCUT2D eigenvalue weighted by Gasteiger charge is -2.39. The summed E-state index contributed by atoms with van der Waals surface area (Å²) in [5.74, 6) is -0.278. The Balaban J connectivity index is 1.75. The van der Waals surface area contributed by atoms with Crippen molar-refractivity contribution in [3.8, 4) is 28.6 Å². The van der Waals surface area contributed by atoms with E-state index in [0.29, 0.717) is 5.56 Å². The first kappa shape index (κ1) is 21.1. The Labute approximate surface area is 174 Å². The zero-order valence-electron chi connectivity index (χ0n) is 16.0. The van der Waals surface area contributed by atoms with E-state index in [4.69, 9.17) is 13.9 Å². The first-order chi connectivity index (χ1) is 14.8. The predicted octanol–water partition coefficient (Wildman–Crippen LogP) is 0.0499. The van der Waals surface area contributed by atoms with Crippen LogP contribution in [0.3, 0.4) is 0 Å². The molecule has 6 N–H and O–H groups in total. The highest BCUT2D eigenvalue weighted by Crippen LogP contribution is 2.35. The Morgan fingerprint density at radius 2 is 1.65 bits per heavy atom. The van der Waals surface area contributed by atoms with Gasteiger partial charge >= 0.3 is 0 Å². The van der Waals surface area contributed by atoms with E-state index < -0.39 is 42.7 Å². The molecule has 5 unspecified atom stereocenters. The van der Waals surface area contributed by atoms with Crippen molar-refractivity contribution in [2.45, 2.75) is 30.7 Å². The van der Waals surface area contributed by atoms with Gasteiger partial charge in [0.05, 0.1) is 6.61 Å². The van der Waals surface area contributed by atoms with E-state index in [0.717, 1.165) is 0 Å². The van der Waals surface area contributed by atoms with E-state index in [9.17, 15) is 35.4 Å². The Hall–Kier alpha value is -3.15. The molecule has 5 atom stereocenters. The standard InChI is InChI=1S/C21H20O10/c22-8-15-17(26)18(27)19(28)21(31-15)30-13-6-5-11(24)20-16(13)12(25)7-14(29-20)9-1-3-10(23)4-2-9/h1-7,15,17-19,21-24,26-28H,8H2. The van der Waals surface area contributed by atoms with Crippen molar-refractivity contribution in [3.05, 3.63) is 52.7 Å². The molecule has 0 aliphatic carbocycles. The zero-order chi connectivity index (χ0) is 22.3. The van der Waals surface area contributed by atoms with Crippen LogP contribution in [-0.2, 0) is 4.74 Å². The van der Waals surface area contributed by atoms with Gasteiger partial charge in [-0.2, -0.15) is 0 Å². The molecule has 1 aromatic heterocycles. The summed E-state index contributed by atoms with van der Waals surface area (Å²) in [4.78, 5) is 12.8. The highest BCUT2D eigenvalue weighted by molar-refractivity contribution is 5.89. The third-order valence-electron chi connectivity index (χ3n) is 5.06. The van der Waals surface area contributed by atoms with Gasteiger partial charge in [0, 0.05) is 11.6 Å². The zero-order valence-corrected chi connectivity index (χ0v) is 16.0. The summed E-state index contributed by atoms with van der Waals surface area (Å²) in [5.41, 5.74) is -0.270. The van der Waals surface area contributed by atoms with Gasteiger partial charge in [0.2, 0.25) is 6.29 Å². The molecule has 1 saturated heterocycles. The number of phenols is 2. The largest absolute Gasteiger partial charge is 0.508 e. The fourth-order valence-electron chi connectivity index (χ4n) is 3.38. The third kappa shape index (κ3) is 3.82. The Kier molecular flexibility index (Phi) is 5.56. The Morgan fingerprint density at radius 1 is 0.935 bits per heavy atom. The topological polar surface area (TPSA) is 170 Å². The number of aliphatic hydroxyl groups is 4. The smallest absolute Gasteiger partial charge is 0.229 e. The van der Waals surface area contributed by atoms with E-state index in [1.165, 1.54) is 42.5 Å². The van der Waals surface area contributed by atoms with Crippen LogP contribution >= 0.6 is 0 Å². The minimum atomic E-state index is -1.68. The quantitative estimate of drug-likeness (QED) is 0.331. The van der Waals surface area contributed by atoms with Crippen molar-refractivity contribution in [2.75, 3.05) is 6.61 Å². The van der Waals surface area contributed by atoms with Gasteiger partial charge in [-0.15, -0.1) is 0 Å². The number of aliphatic hydroxyl groups excluding tert-OH is 4. The highest BCUT2D eigenvalue weighted by atomic mass is 16.7. The molecule has 0 bridgehead atoms. The summed E-state index contributed by atoms with van der Waals surface area (Å²) in [7, 11) is 0. The van der Waals surface area contributed by atoms with Crippen LogP contribution in [0.2, 0.25) is 0 Å². The second-order valence-electron chi connectivity index (χ2n) is 7.12. The minimum absolute atomic E-state index is 0.0324. The molecule has 2 heterocycles. The number of phenolic OH excluding ortho intramolecular Hbond substituents is 2. The SMILES string of the molecule is O=c1cc(-c2ccc(O)cc2)oc2c(O)ccc(OC3OC(CO)C(O)C(O)C3O)c12. The van der Waals surface area contributed by atoms with E-state index in [1.807, 2.05) is 0 Å². The van der Waals surface area contributed by atoms with Crippen LogP contribution in [0.1, 0.15) is 0 Å². The van der Waals surface area contributed by atoms with Crippen molar-refractivity contribution < 1.29 is 44.5 Å². The number of rotatable bonds is 4. The minimum Gasteiger partial charge on any atom is -0.508 e. The van der Waals surface area contributed by atoms with E-state index in [-0.39, 0.29) is 34.0 Å². The molecule has 3 aromatic rings. The first-order valence-corrected chi connectivity index (χ1v) is 9.36. The Morgan fingerprint density at radius 3 is 2.32 bits per heavy atom. The molecule has 164 valence electrons.